The summed E-state index contributed by atoms with van der Waals surface area (Å²) >= 11 is 0. The largest absolute Gasteiger partial charge is 0.345 e. The number of rotatable bonds is 3. The molecule has 0 spiro atoms. The van der Waals surface area contributed by atoms with Crippen molar-refractivity contribution in [3.63, 3.8) is 0 Å². The summed E-state index contributed by atoms with van der Waals surface area (Å²) in [5.74, 6) is -0.0442. The highest BCUT2D eigenvalue weighted by Crippen LogP contribution is 2.25. The molecule has 25 heavy (non-hydrogen) atoms. The first-order valence-electron chi connectivity index (χ1n) is 8.50. The van der Waals surface area contributed by atoms with Gasteiger partial charge in [0.25, 0.3) is 5.91 Å². The Morgan fingerprint density at radius 1 is 0.720 bits per heavy atom. The Morgan fingerprint density at radius 3 is 2.04 bits per heavy atom. The maximum absolute atomic E-state index is 12.9. The van der Waals surface area contributed by atoms with Crippen LogP contribution in [0.1, 0.15) is 28.9 Å². The van der Waals surface area contributed by atoms with Gasteiger partial charge in [-0.1, -0.05) is 78.9 Å². The molecule has 0 fully saturated rings. The molecule has 1 atom stereocenters. The van der Waals surface area contributed by atoms with E-state index in [0.29, 0.717) is 5.56 Å². The number of amides is 1. The minimum atomic E-state index is -0.0717. The first-order chi connectivity index (χ1) is 12.2. The number of nitrogens with one attached hydrogen (secondary N) is 1. The van der Waals surface area contributed by atoms with E-state index in [9.17, 15) is 4.79 Å². The van der Waals surface area contributed by atoms with Crippen LogP contribution in [-0.4, -0.2) is 5.91 Å². The van der Waals surface area contributed by atoms with Crippen molar-refractivity contribution in [3.8, 4) is 0 Å². The van der Waals surface area contributed by atoms with Gasteiger partial charge in [-0.15, -0.1) is 0 Å². The van der Waals surface area contributed by atoms with E-state index < -0.39 is 0 Å². The zero-order valence-corrected chi connectivity index (χ0v) is 14.1. The summed E-state index contributed by atoms with van der Waals surface area (Å²) in [7, 11) is 0. The van der Waals surface area contributed by atoms with Gasteiger partial charge in [0.15, 0.2) is 0 Å². The molecule has 1 amide bonds. The molecule has 1 unspecified atom stereocenters. The summed E-state index contributed by atoms with van der Waals surface area (Å²) in [6.45, 7) is 2.03. The van der Waals surface area contributed by atoms with Crippen molar-refractivity contribution < 1.29 is 4.79 Å². The van der Waals surface area contributed by atoms with Gasteiger partial charge in [0.2, 0.25) is 0 Å². The van der Waals surface area contributed by atoms with E-state index in [1.165, 1.54) is 10.8 Å². The van der Waals surface area contributed by atoms with Crippen LogP contribution in [0.25, 0.3) is 21.5 Å². The minimum absolute atomic E-state index is 0.0442. The van der Waals surface area contributed by atoms with Gasteiger partial charge in [0.05, 0.1) is 6.04 Å². The number of fused-ring (bicyclic) bond motifs is 2. The summed E-state index contributed by atoms with van der Waals surface area (Å²) in [6, 6.07) is 28.2. The maximum Gasteiger partial charge on any atom is 0.252 e. The lowest BCUT2D eigenvalue weighted by Crippen LogP contribution is -2.27. The Labute approximate surface area is 147 Å². The van der Waals surface area contributed by atoms with Gasteiger partial charge < -0.3 is 5.32 Å². The monoisotopic (exact) mass is 325 g/mol. The molecule has 0 saturated heterocycles. The smallest absolute Gasteiger partial charge is 0.252 e. The van der Waals surface area contributed by atoms with Crippen LogP contribution in [0, 0.1) is 0 Å². The number of hydrogen-bond donors (Lipinski definition) is 1. The molecule has 0 saturated carbocycles. The molecule has 0 aliphatic heterocycles. The fraction of sp³-hybridized carbons (Fsp3) is 0.0870. The molecule has 0 aliphatic carbocycles. The summed E-state index contributed by atoms with van der Waals surface area (Å²) in [5, 5.41) is 7.58. The van der Waals surface area contributed by atoms with Crippen LogP contribution in [0.2, 0.25) is 0 Å². The highest BCUT2D eigenvalue weighted by atomic mass is 16.1. The second-order valence-electron chi connectivity index (χ2n) is 6.29. The predicted molar refractivity (Wildman–Crippen MR) is 104 cm³/mol. The lowest BCUT2D eigenvalue weighted by molar-refractivity contribution is 0.0942. The van der Waals surface area contributed by atoms with E-state index in [1.54, 1.807) is 0 Å². The third kappa shape index (κ3) is 2.87. The van der Waals surface area contributed by atoms with Crippen LogP contribution in [0.3, 0.4) is 0 Å². The number of hydrogen-bond acceptors (Lipinski definition) is 1. The Bertz CT molecular complexity index is 1060. The normalized spacial score (nSPS) is 12.2. The van der Waals surface area contributed by atoms with Gasteiger partial charge in [-0.3, -0.25) is 4.79 Å². The van der Waals surface area contributed by atoms with Crippen LogP contribution in [0.5, 0.6) is 0 Å². The zero-order valence-electron chi connectivity index (χ0n) is 14.1. The first-order valence-corrected chi connectivity index (χ1v) is 8.50. The highest BCUT2D eigenvalue weighted by molar-refractivity contribution is 6.07. The molecule has 0 bridgehead atoms. The Hall–Kier alpha value is -3.13. The lowest BCUT2D eigenvalue weighted by atomic mass is 9.99. The Kier molecular flexibility index (Phi) is 3.95. The van der Waals surface area contributed by atoms with Crippen LogP contribution >= 0.6 is 0 Å². The van der Waals surface area contributed by atoms with Crippen molar-refractivity contribution >= 4 is 27.5 Å². The van der Waals surface area contributed by atoms with Crippen molar-refractivity contribution in [1.29, 1.82) is 0 Å². The molecule has 4 aromatic carbocycles. The molecule has 0 aromatic heterocycles. The first kappa shape index (κ1) is 15.4. The van der Waals surface area contributed by atoms with Gasteiger partial charge in [0, 0.05) is 5.56 Å². The molecule has 0 heterocycles. The van der Waals surface area contributed by atoms with Crippen LogP contribution in [0.4, 0.5) is 0 Å². The van der Waals surface area contributed by atoms with Gasteiger partial charge in [-0.25, -0.2) is 0 Å². The average Bonchev–Trinajstić information content (AvgIpc) is 2.67. The Balaban J connectivity index is 1.68. The van der Waals surface area contributed by atoms with Gasteiger partial charge >= 0.3 is 0 Å². The van der Waals surface area contributed by atoms with Gasteiger partial charge in [-0.2, -0.15) is 0 Å². The molecule has 2 nitrogen and oxygen atoms in total. The SMILES string of the molecule is CC(NC(=O)c1cccc2ccccc12)c1cccc2ccccc12. The fourth-order valence-electron chi connectivity index (χ4n) is 3.40. The second kappa shape index (κ2) is 6.40. The molecule has 0 aliphatic rings. The molecular weight excluding hydrogens is 306 g/mol. The zero-order chi connectivity index (χ0) is 17.2. The molecule has 4 rings (SSSR count). The fourth-order valence-corrected chi connectivity index (χ4v) is 3.40. The molecule has 0 radical (unpaired) electrons. The summed E-state index contributed by atoms with van der Waals surface area (Å²) in [4.78, 5) is 12.9. The van der Waals surface area contributed by atoms with E-state index in [-0.39, 0.29) is 11.9 Å². The molecule has 2 heteroatoms. The topological polar surface area (TPSA) is 29.1 Å². The summed E-state index contributed by atoms with van der Waals surface area (Å²) in [5.41, 5.74) is 1.84. The summed E-state index contributed by atoms with van der Waals surface area (Å²) in [6.07, 6.45) is 0. The van der Waals surface area contributed by atoms with Crippen LogP contribution < -0.4 is 5.32 Å². The molecular formula is C23H19NO. The maximum atomic E-state index is 12.9. The van der Waals surface area contributed by atoms with E-state index in [2.05, 4.69) is 29.6 Å². The quantitative estimate of drug-likeness (QED) is 0.530. The number of benzene rings is 4. The molecule has 1 N–H and O–H groups in total. The third-order valence-electron chi connectivity index (χ3n) is 4.67. The summed E-state index contributed by atoms with van der Waals surface area (Å²) < 4.78 is 0. The third-order valence-corrected chi connectivity index (χ3v) is 4.67. The minimum Gasteiger partial charge on any atom is -0.345 e. The van der Waals surface area contributed by atoms with Crippen LogP contribution in [0.15, 0.2) is 84.9 Å². The molecule has 122 valence electrons. The van der Waals surface area contributed by atoms with E-state index in [0.717, 1.165) is 16.3 Å². The average molecular weight is 325 g/mol. The van der Waals surface area contributed by atoms with Gasteiger partial charge in [-0.05, 0) is 40.1 Å². The predicted octanol–water partition coefficient (Wildman–Crippen LogP) is 5.48. The highest BCUT2D eigenvalue weighted by Gasteiger charge is 2.15. The van der Waals surface area contributed by atoms with E-state index >= 15 is 0 Å². The number of carbonyl (C=O) groups is 1. The Morgan fingerprint density at radius 2 is 1.28 bits per heavy atom. The molecule has 4 aromatic rings. The van der Waals surface area contributed by atoms with E-state index in [1.807, 2.05) is 67.6 Å². The van der Waals surface area contributed by atoms with Crippen molar-refractivity contribution in [2.45, 2.75) is 13.0 Å². The van der Waals surface area contributed by atoms with Gasteiger partial charge in [0.1, 0.15) is 0 Å². The standard InChI is InChI=1S/C23H19NO/c1-16(19-14-6-10-17-8-2-4-12-20(17)19)24-23(25)22-15-7-11-18-9-3-5-13-21(18)22/h2-16H,1H3,(H,24,25). The van der Waals surface area contributed by atoms with Crippen molar-refractivity contribution in [2.75, 3.05) is 0 Å². The number of carbonyl (C=O) groups excluding carboxylic acids is 1. The lowest BCUT2D eigenvalue weighted by Gasteiger charge is -2.17. The second-order valence-corrected chi connectivity index (χ2v) is 6.29. The van der Waals surface area contributed by atoms with E-state index in [4.69, 9.17) is 0 Å². The van der Waals surface area contributed by atoms with Crippen molar-refractivity contribution in [3.05, 3.63) is 96.1 Å². The van der Waals surface area contributed by atoms with Crippen molar-refractivity contribution in [1.82, 2.24) is 5.32 Å². The van der Waals surface area contributed by atoms with Crippen LogP contribution in [-0.2, 0) is 0 Å². The van der Waals surface area contributed by atoms with Crippen molar-refractivity contribution in [2.24, 2.45) is 0 Å².